The van der Waals surface area contributed by atoms with Crippen LogP contribution in [-0.4, -0.2) is 84.9 Å². The number of hydrogen-bond acceptors (Lipinski definition) is 10. The van der Waals surface area contributed by atoms with Crippen molar-refractivity contribution in [3.8, 4) is 0 Å². The van der Waals surface area contributed by atoms with Crippen LogP contribution in [0.4, 0.5) is 15.5 Å². The molecule has 1 unspecified atom stereocenters. The molecule has 5 rings (SSSR count). The van der Waals surface area contributed by atoms with E-state index < -0.39 is 43.8 Å². The monoisotopic (exact) mass is 659 g/mol. The molecule has 1 aromatic heterocycles. The van der Waals surface area contributed by atoms with Gasteiger partial charge in [0.2, 0.25) is 14.3 Å². The third-order valence-electron chi connectivity index (χ3n) is 9.27. The first-order chi connectivity index (χ1) is 21.8. The molecule has 250 valence electrons. The van der Waals surface area contributed by atoms with Gasteiger partial charge in [-0.05, 0) is 50.6 Å². The fraction of sp³-hybridized carbons (Fsp3) is 0.613. The molecule has 3 aliphatic heterocycles. The van der Waals surface area contributed by atoms with Gasteiger partial charge in [0, 0.05) is 68.4 Å². The summed E-state index contributed by atoms with van der Waals surface area (Å²) in [7, 11) is -2.10. The summed E-state index contributed by atoms with van der Waals surface area (Å²) in [6.07, 6.45) is 2.39. The van der Waals surface area contributed by atoms with Crippen molar-refractivity contribution < 1.29 is 42.6 Å². The molecule has 3 aliphatic rings. The van der Waals surface area contributed by atoms with Gasteiger partial charge in [0.1, 0.15) is 0 Å². The summed E-state index contributed by atoms with van der Waals surface area (Å²) in [6, 6.07) is 5.19. The van der Waals surface area contributed by atoms with Crippen molar-refractivity contribution in [1.29, 1.82) is 0 Å². The second-order valence-corrected chi connectivity index (χ2v) is 16.5. The van der Waals surface area contributed by atoms with Gasteiger partial charge in [-0.2, -0.15) is 0 Å². The Balaban J connectivity index is 1.51. The van der Waals surface area contributed by atoms with E-state index >= 15 is 4.11 Å². The van der Waals surface area contributed by atoms with Gasteiger partial charge >= 0.3 is 11.9 Å². The Hall–Kier alpha value is -3.69. The molecule has 0 radical (unpaired) electrons. The predicted molar refractivity (Wildman–Crippen MR) is 166 cm³/mol. The first-order valence-electron chi connectivity index (χ1n) is 15.7. The highest BCUT2D eigenvalue weighted by Crippen LogP contribution is 2.60. The van der Waals surface area contributed by atoms with Crippen LogP contribution in [0.5, 0.6) is 0 Å². The number of aliphatic hydroxyl groups excluding tert-OH is 1. The van der Waals surface area contributed by atoms with E-state index in [4.69, 9.17) is 14.2 Å². The van der Waals surface area contributed by atoms with Crippen molar-refractivity contribution in [3.05, 3.63) is 35.7 Å². The highest BCUT2D eigenvalue weighted by atomic mass is 28.4. The number of benzene rings is 1. The van der Waals surface area contributed by atoms with E-state index in [0.717, 1.165) is 0 Å². The maximum Gasteiger partial charge on any atom is 0.305 e. The SMILES string of the molecule is COC(=O)CCCCN1C(=O)[C@@]2(O[C@@H](CCn3cc(CCO)nn3)[C@H]([Si](C)(C)F)[C@H]2C)c2cc(N3C(=O)CC3OC(C)=O)ccc21. The average molecular weight is 660 g/mol. The van der Waals surface area contributed by atoms with Crippen LogP contribution in [0.25, 0.3) is 0 Å². The van der Waals surface area contributed by atoms with Crippen molar-refractivity contribution in [1.82, 2.24) is 15.0 Å². The van der Waals surface area contributed by atoms with Crippen LogP contribution in [0.2, 0.25) is 18.6 Å². The molecular weight excluding hydrogens is 617 g/mol. The lowest BCUT2D eigenvalue weighted by Gasteiger charge is -2.39. The lowest BCUT2D eigenvalue weighted by molar-refractivity contribution is -0.154. The number of ether oxygens (including phenoxy) is 3. The molecule has 0 bridgehead atoms. The molecule has 4 heterocycles. The Morgan fingerprint density at radius 2 is 1.98 bits per heavy atom. The van der Waals surface area contributed by atoms with E-state index in [9.17, 15) is 24.3 Å². The number of nitrogens with zero attached hydrogens (tertiary/aromatic N) is 5. The minimum absolute atomic E-state index is 0.0497. The lowest BCUT2D eigenvalue weighted by atomic mass is 9.82. The highest BCUT2D eigenvalue weighted by molar-refractivity contribution is 6.72. The molecule has 1 aromatic carbocycles. The van der Waals surface area contributed by atoms with E-state index in [0.29, 0.717) is 61.4 Å². The number of anilines is 2. The standard InChI is InChI=1S/C31H42FN5O8Si/c1-19-29(46(4,5)32)25(11-14-35-18-21(12-15-38)33-34-35)45-31(19)23-16-22(37-26(40)17-27(37)44-20(2)39)9-10-24(23)36(30(31)42)13-7-6-8-28(41)43-3/h9-10,16,18-19,25,27,29,38H,6-8,11-15,17H2,1-5H3/t19-,25+,27?,29-,31+/m1/s1. The maximum atomic E-state index is 16.2. The van der Waals surface area contributed by atoms with Gasteiger partial charge in [0.25, 0.3) is 5.91 Å². The highest BCUT2D eigenvalue weighted by Gasteiger charge is 2.66. The zero-order chi connectivity index (χ0) is 33.4. The van der Waals surface area contributed by atoms with Gasteiger partial charge in [0.05, 0.1) is 31.0 Å². The van der Waals surface area contributed by atoms with E-state index in [1.165, 1.54) is 18.9 Å². The molecule has 1 N–H and O–H groups in total. The number of β-lactam (4-membered cyclic amide) rings is 1. The number of unbranched alkanes of at least 4 members (excludes halogenated alkanes) is 1. The Kier molecular flexibility index (Phi) is 9.66. The number of amides is 2. The number of halogens is 1. The van der Waals surface area contributed by atoms with E-state index in [1.807, 2.05) is 6.92 Å². The minimum atomic E-state index is -3.43. The smallest absolute Gasteiger partial charge is 0.305 e. The number of aliphatic hydroxyl groups is 1. The molecule has 2 saturated heterocycles. The fourth-order valence-corrected chi connectivity index (χ4v) is 9.78. The summed E-state index contributed by atoms with van der Waals surface area (Å²) < 4.78 is 34.8. The van der Waals surface area contributed by atoms with Crippen molar-refractivity contribution in [2.24, 2.45) is 5.92 Å². The van der Waals surface area contributed by atoms with E-state index in [-0.39, 0.29) is 37.2 Å². The quantitative estimate of drug-likeness (QED) is 0.112. The minimum Gasteiger partial charge on any atom is -0.469 e. The van der Waals surface area contributed by atoms with Crippen molar-refractivity contribution in [2.75, 3.05) is 30.1 Å². The fourth-order valence-electron chi connectivity index (χ4n) is 7.24. The van der Waals surface area contributed by atoms with Crippen LogP contribution < -0.4 is 9.80 Å². The van der Waals surface area contributed by atoms with Gasteiger partial charge in [-0.15, -0.1) is 5.10 Å². The van der Waals surface area contributed by atoms with Crippen LogP contribution in [0.15, 0.2) is 24.4 Å². The topological polar surface area (TPSA) is 153 Å². The largest absolute Gasteiger partial charge is 0.469 e. The summed E-state index contributed by atoms with van der Waals surface area (Å²) in [5.41, 5.74) is 0.153. The van der Waals surface area contributed by atoms with Gasteiger partial charge in [-0.1, -0.05) is 12.1 Å². The third kappa shape index (κ3) is 6.19. The molecule has 0 saturated carbocycles. The number of carbonyl (C=O) groups excluding carboxylic acids is 4. The van der Waals surface area contributed by atoms with Gasteiger partial charge < -0.3 is 28.3 Å². The Morgan fingerprint density at radius 1 is 1.22 bits per heavy atom. The molecule has 46 heavy (non-hydrogen) atoms. The molecule has 2 fully saturated rings. The second kappa shape index (κ2) is 13.2. The summed E-state index contributed by atoms with van der Waals surface area (Å²) in [5.74, 6) is -1.94. The Morgan fingerprint density at radius 3 is 2.63 bits per heavy atom. The van der Waals surface area contributed by atoms with E-state index in [2.05, 4.69) is 10.3 Å². The molecule has 5 atom stereocenters. The van der Waals surface area contributed by atoms with Crippen molar-refractivity contribution >= 4 is 43.5 Å². The molecule has 2 aromatic rings. The summed E-state index contributed by atoms with van der Waals surface area (Å²) in [5, 5.41) is 17.4. The zero-order valence-corrected chi connectivity index (χ0v) is 27.9. The molecule has 15 heteroatoms. The van der Waals surface area contributed by atoms with Gasteiger partial charge in [0.15, 0.2) is 11.8 Å². The molecule has 0 aliphatic carbocycles. The number of fused-ring (bicyclic) bond motifs is 2. The van der Waals surface area contributed by atoms with Crippen LogP contribution in [0.3, 0.4) is 0 Å². The van der Waals surface area contributed by atoms with Crippen molar-refractivity contribution in [3.63, 3.8) is 0 Å². The van der Waals surface area contributed by atoms with Gasteiger partial charge in [-0.25, -0.2) is 0 Å². The first kappa shape index (κ1) is 33.7. The number of carbonyl (C=O) groups is 4. The first-order valence-corrected chi connectivity index (χ1v) is 18.7. The van der Waals surface area contributed by atoms with Crippen LogP contribution in [0.1, 0.15) is 57.2 Å². The van der Waals surface area contributed by atoms with Crippen LogP contribution >= 0.6 is 0 Å². The molecule has 1 spiro atoms. The zero-order valence-electron chi connectivity index (χ0n) is 26.9. The molecular formula is C31H42FN5O8Si. The third-order valence-corrected chi connectivity index (χ3v) is 11.7. The predicted octanol–water partition coefficient (Wildman–Crippen LogP) is 2.99. The number of methoxy groups -OCH3 is 1. The second-order valence-electron chi connectivity index (χ2n) is 12.7. The Bertz CT molecular complexity index is 1500. The lowest BCUT2D eigenvalue weighted by Crippen LogP contribution is -2.55. The molecule has 2 amide bonds. The Labute approximate surface area is 268 Å². The summed E-state index contributed by atoms with van der Waals surface area (Å²) >= 11 is 0. The number of aryl methyl sites for hydroxylation is 1. The number of hydrogen-bond donors (Lipinski definition) is 1. The van der Waals surface area contributed by atoms with Crippen LogP contribution in [0, 0.1) is 5.92 Å². The van der Waals surface area contributed by atoms with Crippen LogP contribution in [-0.2, 0) is 52.0 Å². The number of esters is 2. The summed E-state index contributed by atoms with van der Waals surface area (Å²) in [4.78, 5) is 53.7. The van der Waals surface area contributed by atoms with E-state index in [1.54, 1.807) is 47.1 Å². The van der Waals surface area contributed by atoms with Gasteiger partial charge in [-0.3, -0.25) is 28.8 Å². The summed E-state index contributed by atoms with van der Waals surface area (Å²) in [6.45, 7) is 7.01. The maximum absolute atomic E-state index is 16.2. The normalized spacial score (nSPS) is 25.6. The number of rotatable bonds is 13. The number of aromatic nitrogens is 3. The van der Waals surface area contributed by atoms with Crippen molar-refractivity contribution in [2.45, 2.75) is 95.5 Å². The molecule has 13 nitrogen and oxygen atoms in total. The average Bonchev–Trinajstić information content (AvgIpc) is 3.63.